The van der Waals surface area contributed by atoms with E-state index in [2.05, 4.69) is 27.4 Å². The predicted molar refractivity (Wildman–Crippen MR) is 77.8 cm³/mol. The van der Waals surface area contributed by atoms with E-state index in [1.54, 1.807) is 0 Å². The van der Waals surface area contributed by atoms with Crippen molar-refractivity contribution in [2.75, 3.05) is 0 Å². The fourth-order valence-electron chi connectivity index (χ4n) is 4.80. The smallest absolute Gasteiger partial charge is 0.303 e. The first-order valence-corrected chi connectivity index (χ1v) is 7.51. The Kier molecular flexibility index (Phi) is 3.35. The summed E-state index contributed by atoms with van der Waals surface area (Å²) in [5.74, 6) is 0.464. The molecule has 0 aromatic carbocycles. The maximum atomic E-state index is 11.4. The Balaban J connectivity index is 2.34. The molecule has 0 saturated heterocycles. The number of hydrogen-bond acceptors (Lipinski definition) is 2. The summed E-state index contributed by atoms with van der Waals surface area (Å²) in [6.45, 7) is 15.0. The van der Waals surface area contributed by atoms with Crippen LogP contribution in [0.25, 0.3) is 0 Å². The van der Waals surface area contributed by atoms with E-state index < -0.39 is 5.60 Å². The summed E-state index contributed by atoms with van der Waals surface area (Å²) in [6, 6.07) is 0. The van der Waals surface area contributed by atoms with E-state index in [-0.39, 0.29) is 11.4 Å². The monoisotopic (exact) mass is 264 g/mol. The first-order chi connectivity index (χ1) is 8.62. The highest BCUT2D eigenvalue weighted by atomic mass is 16.6. The molecule has 0 radical (unpaired) electrons. The molecule has 0 heterocycles. The van der Waals surface area contributed by atoms with Crippen molar-refractivity contribution in [3.63, 3.8) is 0 Å². The van der Waals surface area contributed by atoms with Crippen LogP contribution in [0, 0.1) is 16.7 Å². The minimum Gasteiger partial charge on any atom is -0.455 e. The van der Waals surface area contributed by atoms with Crippen LogP contribution in [0.4, 0.5) is 0 Å². The Bertz CT molecular complexity index is 409. The summed E-state index contributed by atoms with van der Waals surface area (Å²) in [5.41, 5.74) is 1.15. The van der Waals surface area contributed by atoms with Crippen LogP contribution in [0.5, 0.6) is 0 Å². The third kappa shape index (κ3) is 2.23. The van der Waals surface area contributed by atoms with Crippen LogP contribution < -0.4 is 0 Å². The summed E-state index contributed by atoms with van der Waals surface area (Å²) < 4.78 is 5.63. The maximum Gasteiger partial charge on any atom is 0.303 e. The molecule has 0 unspecified atom stereocenters. The molecule has 0 aliphatic heterocycles. The molecule has 3 atom stereocenters. The topological polar surface area (TPSA) is 26.3 Å². The van der Waals surface area contributed by atoms with Gasteiger partial charge in [0.05, 0.1) is 0 Å². The van der Waals surface area contributed by atoms with Crippen molar-refractivity contribution in [3.05, 3.63) is 12.2 Å². The van der Waals surface area contributed by atoms with Gasteiger partial charge in [0, 0.05) is 6.92 Å². The van der Waals surface area contributed by atoms with Gasteiger partial charge in [0.25, 0.3) is 0 Å². The second-order valence-electron chi connectivity index (χ2n) is 7.65. The highest BCUT2D eigenvalue weighted by molar-refractivity contribution is 5.67. The summed E-state index contributed by atoms with van der Waals surface area (Å²) in [7, 11) is 0. The summed E-state index contributed by atoms with van der Waals surface area (Å²) >= 11 is 0. The molecule has 2 aliphatic rings. The highest BCUT2D eigenvalue weighted by Crippen LogP contribution is 2.61. The van der Waals surface area contributed by atoms with Crippen molar-refractivity contribution >= 4 is 5.97 Å². The quantitative estimate of drug-likeness (QED) is 0.515. The first kappa shape index (κ1) is 14.6. The molecule has 0 amide bonds. The lowest BCUT2D eigenvalue weighted by atomic mass is 9.48. The van der Waals surface area contributed by atoms with Crippen LogP contribution in [-0.4, -0.2) is 11.6 Å². The van der Waals surface area contributed by atoms with E-state index in [1.165, 1.54) is 26.2 Å². The molecule has 0 aromatic heterocycles. The normalized spacial score (nSPS) is 41.5. The number of fused-ring (bicyclic) bond motifs is 1. The van der Waals surface area contributed by atoms with E-state index in [1.807, 2.05) is 6.92 Å². The van der Waals surface area contributed by atoms with Crippen LogP contribution in [0.1, 0.15) is 66.7 Å². The maximum absolute atomic E-state index is 11.4. The van der Waals surface area contributed by atoms with Crippen LogP contribution >= 0.6 is 0 Å². The van der Waals surface area contributed by atoms with Gasteiger partial charge in [0.1, 0.15) is 5.60 Å². The summed E-state index contributed by atoms with van der Waals surface area (Å²) in [6.07, 6.45) is 5.76. The van der Waals surface area contributed by atoms with Gasteiger partial charge in [-0.05, 0) is 54.9 Å². The third-order valence-corrected chi connectivity index (χ3v) is 5.84. The lowest BCUT2D eigenvalue weighted by molar-refractivity contribution is -0.159. The van der Waals surface area contributed by atoms with Gasteiger partial charge in [0.2, 0.25) is 0 Å². The number of carbonyl (C=O) groups is 1. The number of ether oxygens (including phenoxy) is 1. The molecule has 0 aromatic rings. The highest BCUT2D eigenvalue weighted by Gasteiger charge is 2.55. The number of esters is 1. The molecule has 0 bridgehead atoms. The Labute approximate surface area is 117 Å². The third-order valence-electron chi connectivity index (χ3n) is 5.84. The predicted octanol–water partition coefficient (Wildman–Crippen LogP) is 4.49. The Hall–Kier alpha value is -0.790. The average Bonchev–Trinajstić information content (AvgIpc) is 2.23. The SMILES string of the molecule is C=C1[C@](C)(OC(C)=O)CC[C@H]2C(C)(C)CCC[C@]12C. The van der Waals surface area contributed by atoms with E-state index in [9.17, 15) is 4.79 Å². The van der Waals surface area contributed by atoms with E-state index in [0.717, 1.165) is 18.4 Å². The minimum absolute atomic E-state index is 0.115. The Morgan fingerprint density at radius 1 is 1.21 bits per heavy atom. The molecule has 2 heteroatoms. The second kappa shape index (κ2) is 4.36. The summed E-state index contributed by atoms with van der Waals surface area (Å²) in [4.78, 5) is 11.4. The lowest BCUT2D eigenvalue weighted by Gasteiger charge is -2.58. The minimum atomic E-state index is -0.468. The fourth-order valence-corrected chi connectivity index (χ4v) is 4.80. The van der Waals surface area contributed by atoms with Crippen molar-refractivity contribution in [2.45, 2.75) is 72.3 Å². The molecule has 0 spiro atoms. The largest absolute Gasteiger partial charge is 0.455 e. The average molecular weight is 264 g/mol. The van der Waals surface area contributed by atoms with E-state index in [0.29, 0.717) is 11.3 Å². The van der Waals surface area contributed by atoms with Crippen LogP contribution in [-0.2, 0) is 9.53 Å². The van der Waals surface area contributed by atoms with Gasteiger partial charge in [-0.25, -0.2) is 0 Å². The van der Waals surface area contributed by atoms with Gasteiger partial charge < -0.3 is 4.74 Å². The van der Waals surface area contributed by atoms with Crippen molar-refractivity contribution in [1.82, 2.24) is 0 Å². The van der Waals surface area contributed by atoms with Gasteiger partial charge in [-0.1, -0.05) is 33.8 Å². The zero-order valence-corrected chi connectivity index (χ0v) is 13.1. The van der Waals surface area contributed by atoms with Crippen molar-refractivity contribution in [2.24, 2.45) is 16.7 Å². The van der Waals surface area contributed by atoms with Gasteiger partial charge in [-0.2, -0.15) is 0 Å². The van der Waals surface area contributed by atoms with Gasteiger partial charge in [-0.3, -0.25) is 4.79 Å². The molecular formula is C17H28O2. The van der Waals surface area contributed by atoms with E-state index >= 15 is 0 Å². The molecular weight excluding hydrogens is 236 g/mol. The van der Waals surface area contributed by atoms with Crippen LogP contribution in [0.2, 0.25) is 0 Å². The zero-order valence-electron chi connectivity index (χ0n) is 13.1. The molecule has 0 N–H and O–H groups in total. The van der Waals surface area contributed by atoms with E-state index in [4.69, 9.17) is 4.74 Å². The van der Waals surface area contributed by atoms with Gasteiger partial charge in [-0.15, -0.1) is 0 Å². The number of hydrogen-bond donors (Lipinski definition) is 0. The zero-order chi connectivity index (χ0) is 14.5. The molecule has 108 valence electrons. The molecule has 2 saturated carbocycles. The number of carbonyl (C=O) groups excluding carboxylic acids is 1. The number of rotatable bonds is 1. The van der Waals surface area contributed by atoms with Crippen molar-refractivity contribution < 1.29 is 9.53 Å². The fraction of sp³-hybridized carbons (Fsp3) is 0.824. The van der Waals surface area contributed by atoms with Crippen LogP contribution in [0.3, 0.4) is 0 Å². The Morgan fingerprint density at radius 3 is 2.42 bits per heavy atom. The molecule has 2 rings (SSSR count). The van der Waals surface area contributed by atoms with Gasteiger partial charge >= 0.3 is 5.97 Å². The second-order valence-corrected chi connectivity index (χ2v) is 7.65. The molecule has 2 nitrogen and oxygen atoms in total. The molecule has 19 heavy (non-hydrogen) atoms. The standard InChI is InChI=1S/C17H28O2/c1-12-16(5)10-7-9-15(3,4)14(16)8-11-17(12,6)19-13(2)18/h14H,1,7-11H2,2-6H3/t14-,16+,17+/m0/s1. The first-order valence-electron chi connectivity index (χ1n) is 7.51. The van der Waals surface area contributed by atoms with Gasteiger partial charge in [0.15, 0.2) is 0 Å². The lowest BCUT2D eigenvalue weighted by Crippen LogP contribution is -2.53. The summed E-state index contributed by atoms with van der Waals surface area (Å²) in [5, 5.41) is 0. The van der Waals surface area contributed by atoms with Crippen LogP contribution in [0.15, 0.2) is 12.2 Å². The molecule has 2 aliphatic carbocycles. The molecule has 2 fully saturated rings. The van der Waals surface area contributed by atoms with Crippen molar-refractivity contribution in [3.8, 4) is 0 Å². The Morgan fingerprint density at radius 2 is 1.84 bits per heavy atom. The van der Waals surface area contributed by atoms with Crippen molar-refractivity contribution in [1.29, 1.82) is 0 Å².